The number of hydrogen-bond donors (Lipinski definition) is 2. The maximum atomic E-state index is 12.8. The Hall–Kier alpha value is -3.32. The highest BCUT2D eigenvalue weighted by Gasteiger charge is 2.22. The Morgan fingerprint density at radius 2 is 1.70 bits per heavy atom. The molecule has 3 aromatic carbocycles. The fourth-order valence-electron chi connectivity index (χ4n) is 3.34. The summed E-state index contributed by atoms with van der Waals surface area (Å²) in [5.74, 6) is 0.537. The highest BCUT2D eigenvalue weighted by atomic mass is 32.2. The first kappa shape index (κ1) is 20.0. The number of hydrogen-bond acceptors (Lipinski definition) is 4. The number of fused-ring (bicyclic) bond motifs is 2. The van der Waals surface area contributed by atoms with E-state index in [1.54, 1.807) is 30.3 Å². The molecule has 0 saturated carbocycles. The van der Waals surface area contributed by atoms with Crippen molar-refractivity contribution in [2.75, 3.05) is 10.0 Å². The molecule has 0 bridgehead atoms. The van der Waals surface area contributed by atoms with Gasteiger partial charge < -0.3 is 10.1 Å². The summed E-state index contributed by atoms with van der Waals surface area (Å²) in [5, 5.41) is 2.82. The average molecular weight is 423 g/mol. The molecule has 1 heterocycles. The minimum Gasteiger partial charge on any atom is -0.454 e. The van der Waals surface area contributed by atoms with E-state index in [1.807, 2.05) is 31.2 Å². The van der Waals surface area contributed by atoms with Crippen LogP contribution in [0.15, 0.2) is 65.6 Å². The second-order valence-corrected chi connectivity index (χ2v) is 8.95. The van der Waals surface area contributed by atoms with Gasteiger partial charge in [-0.25, -0.2) is 8.42 Å². The molecular weight excluding hydrogens is 400 g/mol. The number of carbonyl (C=O) groups is 1. The molecule has 0 radical (unpaired) electrons. The van der Waals surface area contributed by atoms with Crippen molar-refractivity contribution in [3.63, 3.8) is 0 Å². The van der Waals surface area contributed by atoms with E-state index >= 15 is 0 Å². The Morgan fingerprint density at radius 1 is 0.967 bits per heavy atom. The highest BCUT2D eigenvalue weighted by molar-refractivity contribution is 7.92. The zero-order valence-corrected chi connectivity index (χ0v) is 17.5. The molecule has 0 fully saturated rings. The normalized spacial score (nSPS) is 12.8. The SMILES string of the molecule is CCCc1ccc(S(=O)(=O)Nc2ccc3c(c2)C(=O)Nc2cc(C)ccc2O3)cc1. The Balaban J connectivity index is 1.61. The predicted molar refractivity (Wildman–Crippen MR) is 117 cm³/mol. The van der Waals surface area contributed by atoms with Gasteiger partial charge in [-0.05, 0) is 66.9 Å². The minimum atomic E-state index is -3.78. The molecule has 1 aliphatic heterocycles. The number of rotatable bonds is 5. The molecule has 0 spiro atoms. The zero-order valence-electron chi connectivity index (χ0n) is 16.7. The van der Waals surface area contributed by atoms with Gasteiger partial charge in [0, 0.05) is 5.69 Å². The highest BCUT2D eigenvalue weighted by Crippen LogP contribution is 2.37. The monoisotopic (exact) mass is 422 g/mol. The van der Waals surface area contributed by atoms with Crippen molar-refractivity contribution in [3.05, 3.63) is 77.4 Å². The van der Waals surface area contributed by atoms with Crippen molar-refractivity contribution >= 4 is 27.3 Å². The number of sulfonamides is 1. The topological polar surface area (TPSA) is 84.5 Å². The fourth-order valence-corrected chi connectivity index (χ4v) is 4.39. The summed E-state index contributed by atoms with van der Waals surface area (Å²) in [5.41, 5.74) is 3.19. The average Bonchev–Trinajstić information content (AvgIpc) is 2.84. The summed E-state index contributed by atoms with van der Waals surface area (Å²) in [4.78, 5) is 12.9. The van der Waals surface area contributed by atoms with Crippen LogP contribution in [0.4, 0.5) is 11.4 Å². The molecule has 0 aliphatic carbocycles. The molecule has 0 unspecified atom stereocenters. The largest absolute Gasteiger partial charge is 0.454 e. The summed E-state index contributed by atoms with van der Waals surface area (Å²) in [6.45, 7) is 4.00. The summed E-state index contributed by atoms with van der Waals surface area (Å²) in [7, 11) is -3.78. The number of ether oxygens (including phenoxy) is 1. The lowest BCUT2D eigenvalue weighted by atomic mass is 10.1. The summed E-state index contributed by atoms with van der Waals surface area (Å²) < 4.78 is 33.9. The van der Waals surface area contributed by atoms with Crippen LogP contribution in [0.3, 0.4) is 0 Å². The van der Waals surface area contributed by atoms with Crippen LogP contribution in [0, 0.1) is 6.92 Å². The van der Waals surface area contributed by atoms with E-state index in [2.05, 4.69) is 17.0 Å². The van der Waals surface area contributed by atoms with Gasteiger partial charge in [-0.15, -0.1) is 0 Å². The first-order valence-electron chi connectivity index (χ1n) is 9.71. The summed E-state index contributed by atoms with van der Waals surface area (Å²) in [6, 6.07) is 17.0. The van der Waals surface area contributed by atoms with Gasteiger partial charge in [0.05, 0.1) is 16.1 Å². The lowest BCUT2D eigenvalue weighted by molar-refractivity contribution is 0.102. The maximum Gasteiger partial charge on any atom is 0.261 e. The van der Waals surface area contributed by atoms with Gasteiger partial charge in [0.2, 0.25) is 0 Å². The molecule has 1 amide bonds. The van der Waals surface area contributed by atoms with Crippen LogP contribution in [0.1, 0.15) is 34.8 Å². The van der Waals surface area contributed by atoms with E-state index < -0.39 is 10.0 Å². The first-order valence-corrected chi connectivity index (χ1v) is 11.2. The second-order valence-electron chi connectivity index (χ2n) is 7.27. The van der Waals surface area contributed by atoms with Crippen LogP contribution in [0.25, 0.3) is 0 Å². The third kappa shape index (κ3) is 4.02. The molecule has 4 rings (SSSR count). The Bertz CT molecular complexity index is 1220. The Morgan fingerprint density at radius 3 is 2.43 bits per heavy atom. The van der Waals surface area contributed by atoms with Gasteiger partial charge in [0.25, 0.3) is 15.9 Å². The lowest BCUT2D eigenvalue weighted by Crippen LogP contribution is -2.15. The summed E-state index contributed by atoms with van der Waals surface area (Å²) in [6.07, 6.45) is 1.89. The second kappa shape index (κ2) is 7.84. The number of aryl methyl sites for hydroxylation is 2. The van der Waals surface area contributed by atoms with Crippen molar-refractivity contribution < 1.29 is 17.9 Å². The first-order chi connectivity index (χ1) is 14.4. The van der Waals surface area contributed by atoms with Gasteiger partial charge >= 0.3 is 0 Å². The Kier molecular flexibility index (Phi) is 5.22. The quantitative estimate of drug-likeness (QED) is 0.599. The van der Waals surface area contributed by atoms with Gasteiger partial charge in [0.1, 0.15) is 5.75 Å². The number of nitrogens with one attached hydrogen (secondary N) is 2. The van der Waals surface area contributed by atoms with E-state index in [9.17, 15) is 13.2 Å². The number of anilines is 2. The number of amides is 1. The van der Waals surface area contributed by atoms with E-state index in [0.29, 0.717) is 17.2 Å². The van der Waals surface area contributed by atoms with Gasteiger partial charge in [0.15, 0.2) is 5.75 Å². The maximum absolute atomic E-state index is 12.8. The van der Waals surface area contributed by atoms with E-state index in [-0.39, 0.29) is 22.1 Å². The third-order valence-electron chi connectivity index (χ3n) is 4.85. The Labute approximate surface area is 176 Å². The molecule has 3 aromatic rings. The standard InChI is InChI=1S/C23H22N2O4S/c1-3-4-16-6-9-18(10-7-16)30(27,28)25-17-8-12-21-19(14-17)23(26)24-20-13-15(2)5-11-22(20)29-21/h5-14,25H,3-4H2,1-2H3,(H,24,26). The zero-order chi connectivity index (χ0) is 21.3. The predicted octanol–water partition coefficient (Wildman–Crippen LogP) is 5.11. The molecule has 154 valence electrons. The van der Waals surface area contributed by atoms with Crippen molar-refractivity contribution in [2.45, 2.75) is 31.6 Å². The molecular formula is C23H22N2O4S. The third-order valence-corrected chi connectivity index (χ3v) is 6.25. The molecule has 7 heteroatoms. The van der Waals surface area contributed by atoms with E-state index in [1.165, 1.54) is 6.07 Å². The minimum absolute atomic E-state index is 0.167. The van der Waals surface area contributed by atoms with Crippen molar-refractivity contribution in [3.8, 4) is 11.5 Å². The van der Waals surface area contributed by atoms with Crippen LogP contribution in [0.5, 0.6) is 11.5 Å². The molecule has 1 aliphatic rings. The molecule has 0 aromatic heterocycles. The van der Waals surface area contributed by atoms with Crippen molar-refractivity contribution in [1.82, 2.24) is 0 Å². The lowest BCUT2D eigenvalue weighted by Gasteiger charge is -2.11. The van der Waals surface area contributed by atoms with Crippen LogP contribution in [0.2, 0.25) is 0 Å². The van der Waals surface area contributed by atoms with Crippen LogP contribution < -0.4 is 14.8 Å². The van der Waals surface area contributed by atoms with E-state index in [0.717, 1.165) is 24.0 Å². The van der Waals surface area contributed by atoms with Crippen LogP contribution in [-0.2, 0) is 16.4 Å². The van der Waals surface area contributed by atoms with Gasteiger partial charge in [-0.3, -0.25) is 9.52 Å². The van der Waals surface area contributed by atoms with Gasteiger partial charge in [-0.1, -0.05) is 31.5 Å². The van der Waals surface area contributed by atoms with Gasteiger partial charge in [-0.2, -0.15) is 0 Å². The van der Waals surface area contributed by atoms with Crippen LogP contribution in [-0.4, -0.2) is 14.3 Å². The number of carbonyl (C=O) groups excluding carboxylic acids is 1. The molecule has 0 saturated heterocycles. The molecule has 6 nitrogen and oxygen atoms in total. The summed E-state index contributed by atoms with van der Waals surface area (Å²) >= 11 is 0. The fraction of sp³-hybridized carbons (Fsp3) is 0.174. The smallest absolute Gasteiger partial charge is 0.261 e. The molecule has 30 heavy (non-hydrogen) atoms. The van der Waals surface area contributed by atoms with E-state index in [4.69, 9.17) is 4.74 Å². The molecule has 2 N–H and O–H groups in total. The number of benzene rings is 3. The van der Waals surface area contributed by atoms with Crippen molar-refractivity contribution in [2.24, 2.45) is 0 Å². The van der Waals surface area contributed by atoms with Crippen molar-refractivity contribution in [1.29, 1.82) is 0 Å². The van der Waals surface area contributed by atoms with Crippen LogP contribution >= 0.6 is 0 Å². The molecule has 0 atom stereocenters.